The van der Waals surface area contributed by atoms with Gasteiger partial charge in [0.2, 0.25) is 17.7 Å². The Morgan fingerprint density at radius 3 is 2.42 bits per heavy atom. The summed E-state index contributed by atoms with van der Waals surface area (Å²) in [5, 5.41) is 19.8. The van der Waals surface area contributed by atoms with Gasteiger partial charge in [0.15, 0.2) is 5.82 Å². The van der Waals surface area contributed by atoms with Gasteiger partial charge in [0.1, 0.15) is 16.9 Å². The summed E-state index contributed by atoms with van der Waals surface area (Å²) in [5.41, 5.74) is 4.89. The van der Waals surface area contributed by atoms with Crippen LogP contribution in [0, 0.1) is 20.8 Å². The van der Waals surface area contributed by atoms with E-state index in [0.717, 1.165) is 58.6 Å². The minimum absolute atomic E-state index is 0.0721. The average molecular weight is 784 g/mol. The van der Waals surface area contributed by atoms with Gasteiger partial charge >= 0.3 is 0 Å². The molecule has 6 heterocycles. The minimum atomic E-state index is -0.984. The first kappa shape index (κ1) is 37.1. The largest absolute Gasteiger partial charge is 0.355 e. The standard InChI is InChI=1S/C39H42ClN9O5S/c1-21-22(2)55-39-33(21)34(25-5-7-26(40)8-6-25)42-29(35-45-44-23(3)48(35)39)19-32(51)41-12-13-46-14-16-47(17-15-46)20-24-4-9-27-28(18-24)38(54)49(37(27)53)30-10-11-31(50)43-36(30)52/h4-9,18,29-30,34,42H,10-17,19-20H2,1-3H3,(H,41,51)(H,43,50,52)/t29?,30?,34-/m0/s1. The van der Waals surface area contributed by atoms with E-state index in [1.54, 1.807) is 23.5 Å². The second-order valence-electron chi connectivity index (χ2n) is 14.6. The summed E-state index contributed by atoms with van der Waals surface area (Å²) in [4.78, 5) is 70.7. The molecule has 0 bridgehead atoms. The maximum atomic E-state index is 13.5. The molecule has 55 heavy (non-hydrogen) atoms. The second kappa shape index (κ2) is 15.0. The van der Waals surface area contributed by atoms with Crippen LogP contribution in [-0.2, 0) is 20.9 Å². The zero-order valence-electron chi connectivity index (χ0n) is 30.9. The predicted molar refractivity (Wildman–Crippen MR) is 205 cm³/mol. The van der Waals surface area contributed by atoms with E-state index < -0.39 is 29.7 Å². The Labute approximate surface area is 327 Å². The van der Waals surface area contributed by atoms with Gasteiger partial charge in [-0.2, -0.15) is 0 Å². The van der Waals surface area contributed by atoms with E-state index in [4.69, 9.17) is 11.6 Å². The van der Waals surface area contributed by atoms with Gasteiger partial charge in [0.05, 0.1) is 23.2 Å². The van der Waals surface area contributed by atoms with Gasteiger partial charge in [-0.3, -0.25) is 53.9 Å². The molecule has 286 valence electrons. The number of hydrogen-bond donors (Lipinski definition) is 3. The van der Waals surface area contributed by atoms with Crippen LogP contribution in [0.4, 0.5) is 0 Å². The molecule has 14 nitrogen and oxygen atoms in total. The van der Waals surface area contributed by atoms with Gasteiger partial charge in [-0.15, -0.1) is 21.5 Å². The van der Waals surface area contributed by atoms with Crippen molar-refractivity contribution < 1.29 is 24.0 Å². The monoisotopic (exact) mass is 783 g/mol. The number of benzene rings is 2. The van der Waals surface area contributed by atoms with Crippen molar-refractivity contribution in [2.24, 2.45) is 0 Å². The SMILES string of the molecule is Cc1sc2c(c1C)[C@H](c1ccc(Cl)cc1)NC(CC(=O)NCCN1CCN(Cc3ccc4c(c3)C(=O)N(C3CCC(=O)NC3=O)C4=O)CC1)c1nnc(C)n1-2. The first-order valence-electron chi connectivity index (χ1n) is 18.6. The zero-order chi connectivity index (χ0) is 38.5. The van der Waals surface area contributed by atoms with Crippen molar-refractivity contribution in [1.82, 2.24) is 45.4 Å². The highest BCUT2D eigenvalue weighted by Gasteiger charge is 2.44. The predicted octanol–water partition coefficient (Wildman–Crippen LogP) is 3.37. The average Bonchev–Trinajstić information content (AvgIpc) is 3.73. The number of imide groups is 2. The lowest BCUT2D eigenvalue weighted by atomic mass is 9.96. The van der Waals surface area contributed by atoms with Crippen LogP contribution in [-0.4, -0.2) is 104 Å². The molecule has 4 aliphatic heterocycles. The molecule has 4 aliphatic rings. The number of nitrogens with one attached hydrogen (secondary N) is 3. The van der Waals surface area contributed by atoms with Crippen LogP contribution in [0.3, 0.4) is 0 Å². The fourth-order valence-corrected chi connectivity index (χ4v) is 9.45. The number of aryl methyl sites for hydroxylation is 2. The Morgan fingerprint density at radius 1 is 0.945 bits per heavy atom. The second-order valence-corrected chi connectivity index (χ2v) is 16.3. The Kier molecular flexibility index (Phi) is 10.2. The Morgan fingerprint density at radius 2 is 1.67 bits per heavy atom. The third-order valence-corrected chi connectivity index (χ3v) is 12.6. The summed E-state index contributed by atoms with van der Waals surface area (Å²) < 4.78 is 2.09. The smallest absolute Gasteiger partial charge is 0.262 e. The van der Waals surface area contributed by atoms with E-state index in [-0.39, 0.29) is 48.4 Å². The normalized spacial score (nSPS) is 21.6. The summed E-state index contributed by atoms with van der Waals surface area (Å²) in [6.45, 7) is 11.3. The number of aromatic nitrogens is 3. The lowest BCUT2D eigenvalue weighted by Crippen LogP contribution is -2.54. The van der Waals surface area contributed by atoms with Gasteiger partial charge in [-0.05, 0) is 68.1 Å². The molecule has 2 fully saturated rings. The van der Waals surface area contributed by atoms with Gasteiger partial charge in [0.25, 0.3) is 11.8 Å². The summed E-state index contributed by atoms with van der Waals surface area (Å²) in [5.74, 6) is -0.607. The maximum Gasteiger partial charge on any atom is 0.262 e. The number of hydrogen-bond acceptors (Lipinski definition) is 11. The Balaban J connectivity index is 0.851. The van der Waals surface area contributed by atoms with Crippen LogP contribution in [0.25, 0.3) is 5.00 Å². The lowest BCUT2D eigenvalue weighted by molar-refractivity contribution is -0.136. The minimum Gasteiger partial charge on any atom is -0.355 e. The van der Waals surface area contributed by atoms with Crippen LogP contribution in [0.2, 0.25) is 5.02 Å². The molecule has 2 unspecified atom stereocenters. The van der Waals surface area contributed by atoms with Crippen molar-refractivity contribution >= 4 is 52.5 Å². The fraction of sp³-hybridized carbons (Fsp3) is 0.410. The molecule has 16 heteroatoms. The van der Waals surface area contributed by atoms with E-state index in [1.165, 1.54) is 10.4 Å². The maximum absolute atomic E-state index is 13.5. The number of thiophene rings is 1. The Bertz CT molecular complexity index is 2210. The number of amides is 5. The third-order valence-electron chi connectivity index (χ3n) is 11.2. The molecule has 2 aromatic carbocycles. The quantitative estimate of drug-likeness (QED) is 0.215. The molecule has 0 spiro atoms. The van der Waals surface area contributed by atoms with Gasteiger partial charge in [0, 0.05) is 74.1 Å². The van der Waals surface area contributed by atoms with Crippen molar-refractivity contribution in [3.8, 4) is 5.00 Å². The first-order valence-corrected chi connectivity index (χ1v) is 19.8. The molecule has 8 rings (SSSR count). The third kappa shape index (κ3) is 7.11. The van der Waals surface area contributed by atoms with Crippen molar-refractivity contribution in [3.63, 3.8) is 0 Å². The number of piperazine rings is 1. The molecule has 3 N–H and O–H groups in total. The molecular weight excluding hydrogens is 742 g/mol. The van der Waals surface area contributed by atoms with Gasteiger partial charge in [-0.25, -0.2) is 0 Å². The van der Waals surface area contributed by atoms with E-state index in [9.17, 15) is 24.0 Å². The van der Waals surface area contributed by atoms with Crippen LogP contribution in [0.15, 0.2) is 42.5 Å². The lowest BCUT2D eigenvalue weighted by Gasteiger charge is -2.34. The summed E-state index contributed by atoms with van der Waals surface area (Å²) in [6.07, 6.45) is 0.404. The van der Waals surface area contributed by atoms with E-state index in [1.807, 2.05) is 37.3 Å². The van der Waals surface area contributed by atoms with E-state index in [0.29, 0.717) is 30.5 Å². The zero-order valence-corrected chi connectivity index (χ0v) is 32.4. The molecule has 0 aliphatic carbocycles. The molecule has 3 atom stereocenters. The summed E-state index contributed by atoms with van der Waals surface area (Å²) in [7, 11) is 0. The van der Waals surface area contributed by atoms with Crippen molar-refractivity contribution in [1.29, 1.82) is 0 Å². The molecule has 4 aromatic rings. The van der Waals surface area contributed by atoms with Crippen LogP contribution < -0.4 is 16.0 Å². The van der Waals surface area contributed by atoms with Crippen LogP contribution in [0.1, 0.15) is 90.8 Å². The molecule has 0 saturated carbocycles. The molecule has 2 saturated heterocycles. The topological polar surface area (TPSA) is 162 Å². The summed E-state index contributed by atoms with van der Waals surface area (Å²) in [6, 6.07) is 11.6. The number of carbonyl (C=O) groups is 5. The Hall–Kier alpha value is -4.80. The highest BCUT2D eigenvalue weighted by Crippen LogP contribution is 2.43. The van der Waals surface area contributed by atoms with E-state index in [2.05, 4.69) is 54.4 Å². The molecule has 0 radical (unpaired) electrons. The number of nitrogens with zero attached hydrogens (tertiary/aromatic N) is 6. The van der Waals surface area contributed by atoms with Crippen LogP contribution in [0.5, 0.6) is 0 Å². The van der Waals surface area contributed by atoms with Crippen LogP contribution >= 0.6 is 22.9 Å². The highest BCUT2D eigenvalue weighted by atomic mass is 35.5. The molecular formula is C39H42ClN9O5S. The fourth-order valence-electron chi connectivity index (χ4n) is 8.07. The molecule has 5 amide bonds. The molecule has 2 aromatic heterocycles. The van der Waals surface area contributed by atoms with Gasteiger partial charge < -0.3 is 5.32 Å². The number of fused-ring (bicyclic) bond motifs is 4. The number of piperidine rings is 1. The van der Waals surface area contributed by atoms with E-state index >= 15 is 0 Å². The van der Waals surface area contributed by atoms with Crippen molar-refractivity contribution in [2.45, 2.75) is 64.7 Å². The number of carbonyl (C=O) groups excluding carboxylic acids is 5. The summed E-state index contributed by atoms with van der Waals surface area (Å²) >= 11 is 7.97. The number of rotatable bonds is 9. The van der Waals surface area contributed by atoms with Gasteiger partial charge in [-0.1, -0.05) is 29.8 Å². The van der Waals surface area contributed by atoms with Crippen molar-refractivity contribution in [3.05, 3.63) is 97.4 Å². The van der Waals surface area contributed by atoms with Crippen molar-refractivity contribution in [2.75, 3.05) is 39.3 Å². The highest BCUT2D eigenvalue weighted by molar-refractivity contribution is 7.14. The number of halogens is 1. The first-order chi connectivity index (χ1) is 26.5.